The van der Waals surface area contributed by atoms with Crippen molar-refractivity contribution in [3.63, 3.8) is 0 Å². The Morgan fingerprint density at radius 2 is 2.21 bits per heavy atom. The fourth-order valence-electron chi connectivity index (χ4n) is 1.67. The van der Waals surface area contributed by atoms with Gasteiger partial charge >= 0.3 is 6.09 Å². The largest absolute Gasteiger partial charge is 0.447 e. The maximum Gasteiger partial charge on any atom is 0.407 e. The van der Waals surface area contributed by atoms with Crippen LogP contribution in [0.15, 0.2) is 0 Å². The Kier molecular flexibility index (Phi) is 4.69. The Balaban J connectivity index is 2.23. The van der Waals surface area contributed by atoms with E-state index in [1.165, 1.54) is 0 Å². The minimum atomic E-state index is -0.485. The summed E-state index contributed by atoms with van der Waals surface area (Å²) in [5.41, 5.74) is 5.84. The van der Waals surface area contributed by atoms with E-state index in [-0.39, 0.29) is 25.3 Å². The van der Waals surface area contributed by atoms with Crippen molar-refractivity contribution in [3.8, 4) is 0 Å². The van der Waals surface area contributed by atoms with Crippen LogP contribution < -0.4 is 11.1 Å². The monoisotopic (exact) mass is 202 g/mol. The highest BCUT2D eigenvalue weighted by molar-refractivity contribution is 5.67. The van der Waals surface area contributed by atoms with Gasteiger partial charge in [-0.3, -0.25) is 0 Å². The molecular formula is C9H18N2O3. The first-order valence-corrected chi connectivity index (χ1v) is 5.03. The van der Waals surface area contributed by atoms with Crippen molar-refractivity contribution in [2.24, 2.45) is 5.73 Å². The van der Waals surface area contributed by atoms with Crippen LogP contribution in [0.2, 0.25) is 0 Å². The number of amides is 1. The van der Waals surface area contributed by atoms with E-state index >= 15 is 0 Å². The predicted octanol–water partition coefficient (Wildman–Crippen LogP) is -0.0252. The average Bonchev–Trinajstić information content (AvgIpc) is 2.18. The molecule has 0 radical (unpaired) electrons. The van der Waals surface area contributed by atoms with E-state index in [1.807, 2.05) is 0 Å². The zero-order valence-electron chi connectivity index (χ0n) is 8.24. The van der Waals surface area contributed by atoms with Crippen molar-refractivity contribution in [1.82, 2.24) is 5.32 Å². The van der Waals surface area contributed by atoms with Gasteiger partial charge in [0.1, 0.15) is 6.61 Å². The summed E-state index contributed by atoms with van der Waals surface area (Å²) in [6, 6.07) is 0.0559. The first kappa shape index (κ1) is 11.3. The number of aliphatic hydroxyl groups is 1. The van der Waals surface area contributed by atoms with Crippen LogP contribution in [-0.4, -0.2) is 36.5 Å². The number of ether oxygens (including phenoxy) is 1. The Labute approximate surface area is 83.6 Å². The van der Waals surface area contributed by atoms with Gasteiger partial charge in [-0.15, -0.1) is 0 Å². The molecule has 4 N–H and O–H groups in total. The smallest absolute Gasteiger partial charge is 0.407 e. The highest BCUT2D eigenvalue weighted by atomic mass is 16.6. The van der Waals surface area contributed by atoms with Gasteiger partial charge in [0.2, 0.25) is 0 Å². The van der Waals surface area contributed by atoms with Gasteiger partial charge in [0.15, 0.2) is 0 Å². The number of nitrogens with one attached hydrogen (secondary N) is 1. The van der Waals surface area contributed by atoms with Crippen molar-refractivity contribution >= 4 is 6.09 Å². The standard InChI is InChI=1S/C9H18N2O3/c10-7-3-1-2-4-8(7)11-9(13)14-6-5-12/h7-8,12H,1-6,10H2,(H,11,13). The number of nitrogens with two attached hydrogens (primary N) is 1. The van der Waals surface area contributed by atoms with E-state index in [4.69, 9.17) is 10.8 Å². The topological polar surface area (TPSA) is 84.6 Å². The summed E-state index contributed by atoms with van der Waals surface area (Å²) in [5.74, 6) is 0. The Morgan fingerprint density at radius 3 is 2.86 bits per heavy atom. The Morgan fingerprint density at radius 1 is 1.50 bits per heavy atom. The van der Waals surface area contributed by atoms with Crippen molar-refractivity contribution in [2.75, 3.05) is 13.2 Å². The zero-order valence-corrected chi connectivity index (χ0v) is 8.24. The molecular weight excluding hydrogens is 184 g/mol. The molecule has 1 aliphatic rings. The van der Waals surface area contributed by atoms with Gasteiger partial charge in [0.25, 0.3) is 0 Å². The summed E-state index contributed by atoms with van der Waals surface area (Å²) < 4.78 is 4.69. The van der Waals surface area contributed by atoms with Gasteiger partial charge in [-0.25, -0.2) is 4.79 Å². The van der Waals surface area contributed by atoms with Gasteiger partial charge in [0, 0.05) is 12.1 Å². The number of carbonyl (C=O) groups is 1. The summed E-state index contributed by atoms with van der Waals surface area (Å²) in [5, 5.41) is 11.1. The predicted molar refractivity (Wildman–Crippen MR) is 51.8 cm³/mol. The lowest BCUT2D eigenvalue weighted by atomic mass is 9.91. The molecule has 5 heteroatoms. The molecule has 0 aromatic heterocycles. The van der Waals surface area contributed by atoms with Crippen LogP contribution in [0.5, 0.6) is 0 Å². The number of hydrogen-bond acceptors (Lipinski definition) is 4. The van der Waals surface area contributed by atoms with Gasteiger partial charge in [0.05, 0.1) is 6.61 Å². The minimum absolute atomic E-state index is 0.0231. The molecule has 1 fully saturated rings. The van der Waals surface area contributed by atoms with Crippen molar-refractivity contribution < 1.29 is 14.6 Å². The lowest BCUT2D eigenvalue weighted by Crippen LogP contribution is -2.49. The van der Waals surface area contributed by atoms with E-state index in [0.29, 0.717) is 0 Å². The maximum atomic E-state index is 11.1. The molecule has 0 spiro atoms. The van der Waals surface area contributed by atoms with Crippen LogP contribution in [-0.2, 0) is 4.74 Å². The summed E-state index contributed by atoms with van der Waals surface area (Å²) in [7, 11) is 0. The molecule has 1 amide bonds. The molecule has 1 saturated carbocycles. The van der Waals surface area contributed by atoms with Crippen molar-refractivity contribution in [3.05, 3.63) is 0 Å². The number of alkyl carbamates (subject to hydrolysis) is 1. The molecule has 0 saturated heterocycles. The van der Waals surface area contributed by atoms with E-state index in [1.54, 1.807) is 0 Å². The second kappa shape index (κ2) is 5.82. The molecule has 0 bridgehead atoms. The fraction of sp³-hybridized carbons (Fsp3) is 0.889. The van der Waals surface area contributed by atoms with Crippen LogP contribution in [0.1, 0.15) is 25.7 Å². The summed E-state index contributed by atoms with van der Waals surface area (Å²) in [6.07, 6.45) is 3.60. The summed E-state index contributed by atoms with van der Waals surface area (Å²) in [4.78, 5) is 11.1. The molecule has 0 heterocycles. The molecule has 2 unspecified atom stereocenters. The molecule has 0 aliphatic heterocycles. The maximum absolute atomic E-state index is 11.1. The molecule has 14 heavy (non-hydrogen) atoms. The average molecular weight is 202 g/mol. The number of rotatable bonds is 3. The van der Waals surface area contributed by atoms with Gasteiger partial charge in [-0.1, -0.05) is 12.8 Å². The van der Waals surface area contributed by atoms with Crippen molar-refractivity contribution in [1.29, 1.82) is 0 Å². The minimum Gasteiger partial charge on any atom is -0.447 e. The zero-order chi connectivity index (χ0) is 10.4. The summed E-state index contributed by atoms with van der Waals surface area (Å²) in [6.45, 7) is -0.113. The molecule has 1 aliphatic carbocycles. The van der Waals surface area contributed by atoms with Crippen LogP contribution in [0.4, 0.5) is 4.79 Å². The van der Waals surface area contributed by atoms with Gasteiger partial charge in [-0.2, -0.15) is 0 Å². The quantitative estimate of drug-likeness (QED) is 0.600. The van der Waals surface area contributed by atoms with E-state index in [0.717, 1.165) is 25.7 Å². The molecule has 0 aromatic rings. The fourth-order valence-corrected chi connectivity index (χ4v) is 1.67. The highest BCUT2D eigenvalue weighted by Crippen LogP contribution is 2.16. The molecule has 1 rings (SSSR count). The first-order chi connectivity index (χ1) is 6.74. The molecule has 5 nitrogen and oxygen atoms in total. The third kappa shape index (κ3) is 3.51. The van der Waals surface area contributed by atoms with Gasteiger partial charge in [-0.05, 0) is 12.8 Å². The van der Waals surface area contributed by atoms with E-state index in [9.17, 15) is 4.79 Å². The highest BCUT2D eigenvalue weighted by Gasteiger charge is 2.23. The van der Waals surface area contributed by atoms with Crippen LogP contribution in [0.3, 0.4) is 0 Å². The van der Waals surface area contributed by atoms with Crippen LogP contribution in [0, 0.1) is 0 Å². The summed E-state index contributed by atoms with van der Waals surface area (Å²) >= 11 is 0. The number of aliphatic hydroxyl groups excluding tert-OH is 1. The Hall–Kier alpha value is -0.810. The van der Waals surface area contributed by atoms with Gasteiger partial charge < -0.3 is 20.9 Å². The van der Waals surface area contributed by atoms with Crippen molar-refractivity contribution in [2.45, 2.75) is 37.8 Å². The third-order valence-corrected chi connectivity index (χ3v) is 2.45. The number of hydrogen-bond donors (Lipinski definition) is 3. The van der Waals surface area contributed by atoms with E-state index in [2.05, 4.69) is 10.1 Å². The first-order valence-electron chi connectivity index (χ1n) is 5.03. The SMILES string of the molecule is NC1CCCCC1NC(=O)OCCO. The molecule has 82 valence electrons. The van der Waals surface area contributed by atoms with Crippen LogP contribution in [0.25, 0.3) is 0 Å². The van der Waals surface area contributed by atoms with E-state index < -0.39 is 6.09 Å². The van der Waals surface area contributed by atoms with Crippen LogP contribution >= 0.6 is 0 Å². The lowest BCUT2D eigenvalue weighted by molar-refractivity contribution is 0.113. The second-order valence-corrected chi connectivity index (χ2v) is 3.56. The molecule has 2 atom stereocenters. The normalized spacial score (nSPS) is 27.0. The molecule has 0 aromatic carbocycles. The second-order valence-electron chi connectivity index (χ2n) is 3.56. The number of carbonyl (C=O) groups excluding carboxylic acids is 1. The Bertz CT molecular complexity index is 187. The lowest BCUT2D eigenvalue weighted by Gasteiger charge is -2.28. The third-order valence-electron chi connectivity index (χ3n) is 2.45.